The zero-order valence-electron chi connectivity index (χ0n) is 15.0. The number of likely N-dealkylation sites (tertiary alicyclic amines) is 1. The molecule has 1 aromatic heterocycles. The first-order chi connectivity index (χ1) is 13.6. The lowest BCUT2D eigenvalue weighted by molar-refractivity contribution is -0.130. The number of hydrogen-bond acceptors (Lipinski definition) is 4. The minimum Gasteiger partial charge on any atom is -0.338 e. The largest absolute Gasteiger partial charge is 0.338 e. The van der Waals surface area contributed by atoms with E-state index in [9.17, 15) is 9.18 Å². The summed E-state index contributed by atoms with van der Waals surface area (Å²) in [5, 5.41) is 3.81. The number of rotatable bonds is 4. The Morgan fingerprint density at radius 1 is 1.29 bits per heavy atom. The van der Waals surface area contributed by atoms with E-state index in [1.54, 1.807) is 17.0 Å². The van der Waals surface area contributed by atoms with Crippen LogP contribution in [0.4, 0.5) is 15.9 Å². The van der Waals surface area contributed by atoms with Gasteiger partial charge in [-0.1, -0.05) is 18.6 Å². The number of nitrogens with zero attached hydrogens (tertiary/aromatic N) is 3. The summed E-state index contributed by atoms with van der Waals surface area (Å²) < 4.78 is 14.2. The molecule has 4 rings (SSSR count). The van der Waals surface area contributed by atoms with Gasteiger partial charge in [-0.15, -0.1) is 6.42 Å². The normalized spacial score (nSPS) is 13.6. The Bertz CT molecular complexity index is 1130. The first kappa shape index (κ1) is 17.7. The third-order valence-corrected chi connectivity index (χ3v) is 4.88. The summed E-state index contributed by atoms with van der Waals surface area (Å²) in [4.78, 5) is 22.0. The summed E-state index contributed by atoms with van der Waals surface area (Å²) in [7, 11) is 0. The minimum absolute atomic E-state index is 0.0633. The summed E-state index contributed by atoms with van der Waals surface area (Å²) in [6.45, 7) is 4.80. The topological polar surface area (TPSA) is 58.1 Å². The molecule has 1 saturated heterocycles. The van der Waals surface area contributed by atoms with E-state index in [4.69, 9.17) is 6.42 Å². The summed E-state index contributed by atoms with van der Waals surface area (Å²) in [5.74, 6) is 2.75. The fraction of sp³-hybridized carbons (Fsp3) is 0.136. The highest BCUT2D eigenvalue weighted by Gasteiger charge is 2.30. The van der Waals surface area contributed by atoms with Crippen LogP contribution in [0.25, 0.3) is 10.9 Å². The van der Waals surface area contributed by atoms with E-state index in [1.165, 1.54) is 18.5 Å². The first-order valence-corrected chi connectivity index (χ1v) is 8.78. The quantitative estimate of drug-likeness (QED) is 0.562. The minimum atomic E-state index is -0.417. The predicted molar refractivity (Wildman–Crippen MR) is 107 cm³/mol. The van der Waals surface area contributed by atoms with Gasteiger partial charge in [0.1, 0.15) is 18.0 Å². The van der Waals surface area contributed by atoms with Crippen molar-refractivity contribution in [2.45, 2.75) is 5.92 Å². The number of nitrogens with one attached hydrogen (secondary N) is 1. The molecule has 0 radical (unpaired) electrons. The van der Waals surface area contributed by atoms with Gasteiger partial charge < -0.3 is 10.2 Å². The molecule has 1 N–H and O–H groups in total. The Kier molecular flexibility index (Phi) is 4.50. The summed E-state index contributed by atoms with van der Waals surface area (Å²) >= 11 is 0. The molecule has 5 nitrogen and oxygen atoms in total. The van der Waals surface area contributed by atoms with E-state index < -0.39 is 5.82 Å². The molecule has 0 aliphatic carbocycles. The monoisotopic (exact) mass is 372 g/mol. The van der Waals surface area contributed by atoms with Crippen LogP contribution in [0.2, 0.25) is 0 Å². The van der Waals surface area contributed by atoms with Crippen LogP contribution in [0.1, 0.15) is 17.0 Å². The Hall–Kier alpha value is -3.72. The molecule has 0 bridgehead atoms. The average molecular weight is 372 g/mol. The van der Waals surface area contributed by atoms with E-state index in [0.29, 0.717) is 24.5 Å². The maximum atomic E-state index is 14.2. The number of hydrogen-bond donors (Lipinski definition) is 1. The van der Waals surface area contributed by atoms with Crippen LogP contribution >= 0.6 is 0 Å². The van der Waals surface area contributed by atoms with Crippen LogP contribution in [0.5, 0.6) is 0 Å². The Balaban J connectivity index is 1.66. The van der Waals surface area contributed by atoms with Crippen LogP contribution in [0.3, 0.4) is 0 Å². The standard InChI is InChI=1S/C22H17FN4O/c1-3-14-5-7-18(23)20(9-14)26-22-17-10-15(6-8-19(17)24-13-25-22)16-11-27(12-16)21(28)4-2/h1,4-10,13,16H,2,11-12H2,(H,24,25,26). The number of benzene rings is 2. The second kappa shape index (κ2) is 7.12. The number of terminal acetylenes is 1. The number of carbonyl (C=O) groups excluding carboxylic acids is 1. The van der Waals surface area contributed by atoms with Crippen molar-refractivity contribution in [3.05, 3.63) is 72.3 Å². The zero-order valence-corrected chi connectivity index (χ0v) is 15.0. The van der Waals surface area contributed by atoms with E-state index >= 15 is 0 Å². The number of carbonyl (C=O) groups is 1. The lowest BCUT2D eigenvalue weighted by atomic mass is 9.90. The van der Waals surface area contributed by atoms with Crippen LogP contribution in [-0.4, -0.2) is 33.9 Å². The van der Waals surface area contributed by atoms with Gasteiger partial charge >= 0.3 is 0 Å². The third kappa shape index (κ3) is 3.19. The van der Waals surface area contributed by atoms with Crippen molar-refractivity contribution in [3.63, 3.8) is 0 Å². The molecule has 0 spiro atoms. The maximum absolute atomic E-state index is 14.2. The zero-order chi connectivity index (χ0) is 19.7. The molecule has 1 aliphatic heterocycles. The van der Waals surface area contributed by atoms with Gasteiger partial charge in [0.05, 0.1) is 11.2 Å². The third-order valence-electron chi connectivity index (χ3n) is 4.88. The van der Waals surface area contributed by atoms with Crippen LogP contribution in [-0.2, 0) is 4.79 Å². The van der Waals surface area contributed by atoms with Crippen molar-refractivity contribution in [1.82, 2.24) is 14.9 Å². The average Bonchev–Trinajstić information content (AvgIpc) is 2.68. The molecule has 1 amide bonds. The smallest absolute Gasteiger partial charge is 0.245 e. The van der Waals surface area contributed by atoms with Gasteiger partial charge in [0.15, 0.2) is 0 Å². The molecule has 1 fully saturated rings. The molecule has 6 heteroatoms. The van der Waals surface area contributed by atoms with Gasteiger partial charge in [-0.3, -0.25) is 4.79 Å². The Morgan fingerprint density at radius 2 is 2.11 bits per heavy atom. The van der Waals surface area contributed by atoms with Gasteiger partial charge in [-0.2, -0.15) is 0 Å². The lowest BCUT2D eigenvalue weighted by Gasteiger charge is -2.39. The molecule has 3 aromatic rings. The highest BCUT2D eigenvalue weighted by atomic mass is 19.1. The molecule has 0 unspecified atom stereocenters. The van der Waals surface area contributed by atoms with Crippen LogP contribution < -0.4 is 5.32 Å². The molecule has 28 heavy (non-hydrogen) atoms. The highest BCUT2D eigenvalue weighted by Crippen LogP contribution is 2.32. The van der Waals surface area contributed by atoms with Gasteiger partial charge in [-0.05, 0) is 42.0 Å². The van der Waals surface area contributed by atoms with Crippen molar-refractivity contribution >= 4 is 28.3 Å². The molecule has 0 saturated carbocycles. The molecular weight excluding hydrogens is 355 g/mol. The molecule has 2 heterocycles. The lowest BCUT2D eigenvalue weighted by Crippen LogP contribution is -2.47. The predicted octanol–water partition coefficient (Wildman–Crippen LogP) is 3.61. The van der Waals surface area contributed by atoms with Gasteiger partial charge in [0, 0.05) is 30.0 Å². The van der Waals surface area contributed by atoms with Crippen molar-refractivity contribution in [2.24, 2.45) is 0 Å². The van der Waals surface area contributed by atoms with E-state index in [2.05, 4.69) is 27.8 Å². The van der Waals surface area contributed by atoms with E-state index in [0.717, 1.165) is 16.5 Å². The second-order valence-electron chi connectivity index (χ2n) is 6.61. The van der Waals surface area contributed by atoms with Gasteiger partial charge in [-0.25, -0.2) is 14.4 Å². The number of aromatic nitrogens is 2. The van der Waals surface area contributed by atoms with Crippen molar-refractivity contribution < 1.29 is 9.18 Å². The fourth-order valence-corrected chi connectivity index (χ4v) is 3.26. The summed E-state index contributed by atoms with van der Waals surface area (Å²) in [6.07, 6.45) is 8.17. The van der Waals surface area contributed by atoms with Gasteiger partial charge in [0.25, 0.3) is 0 Å². The summed E-state index contributed by atoms with van der Waals surface area (Å²) in [6, 6.07) is 10.3. The SMILES string of the molecule is C#Cc1ccc(F)c(Nc2ncnc3ccc(C4CN(C(=O)C=C)C4)cc23)c1. The summed E-state index contributed by atoms with van der Waals surface area (Å²) in [5.41, 5.74) is 2.65. The maximum Gasteiger partial charge on any atom is 0.245 e. The first-order valence-electron chi connectivity index (χ1n) is 8.78. The molecule has 1 aliphatic rings. The highest BCUT2D eigenvalue weighted by molar-refractivity contribution is 5.91. The van der Waals surface area contributed by atoms with E-state index in [-0.39, 0.29) is 17.5 Å². The van der Waals surface area contributed by atoms with Crippen molar-refractivity contribution in [2.75, 3.05) is 18.4 Å². The Morgan fingerprint density at radius 3 is 2.86 bits per heavy atom. The van der Waals surface area contributed by atoms with E-state index in [1.807, 2.05) is 18.2 Å². The Labute approximate surface area is 161 Å². The molecule has 0 atom stereocenters. The van der Waals surface area contributed by atoms with Crippen molar-refractivity contribution in [3.8, 4) is 12.3 Å². The van der Waals surface area contributed by atoms with Crippen molar-refractivity contribution in [1.29, 1.82) is 0 Å². The molecular formula is C22H17FN4O. The van der Waals surface area contributed by atoms with Crippen LogP contribution in [0, 0.1) is 18.2 Å². The number of amides is 1. The second-order valence-corrected chi connectivity index (χ2v) is 6.61. The fourth-order valence-electron chi connectivity index (χ4n) is 3.26. The number of anilines is 2. The molecule has 138 valence electrons. The number of halogens is 1. The molecule has 2 aromatic carbocycles. The van der Waals surface area contributed by atoms with Crippen LogP contribution in [0.15, 0.2) is 55.4 Å². The van der Waals surface area contributed by atoms with Gasteiger partial charge in [0.2, 0.25) is 5.91 Å². The number of fused-ring (bicyclic) bond motifs is 1.